The molecule has 26 heavy (non-hydrogen) atoms. The minimum Gasteiger partial charge on any atom is -0.493 e. The Morgan fingerprint density at radius 2 is 2.00 bits per heavy atom. The average Bonchev–Trinajstić information content (AvgIpc) is 3.01. The highest BCUT2D eigenvalue weighted by atomic mass is 35.5. The second-order valence-electron chi connectivity index (χ2n) is 6.10. The number of aromatic nitrogens is 3. The lowest BCUT2D eigenvalue weighted by Gasteiger charge is -2.21. The van der Waals surface area contributed by atoms with E-state index in [4.69, 9.17) is 21.1 Å². The van der Waals surface area contributed by atoms with Crippen molar-refractivity contribution in [3.8, 4) is 22.8 Å². The lowest BCUT2D eigenvalue weighted by Crippen LogP contribution is -2.38. The van der Waals surface area contributed by atoms with Gasteiger partial charge in [0.2, 0.25) is 0 Å². The molecule has 3 heterocycles. The van der Waals surface area contributed by atoms with E-state index in [9.17, 15) is 4.79 Å². The molecule has 1 N–H and O–H groups in total. The van der Waals surface area contributed by atoms with Crippen molar-refractivity contribution in [3.63, 3.8) is 0 Å². The molecular weight excluding hydrogens is 356 g/mol. The molecule has 1 aromatic carbocycles. The van der Waals surface area contributed by atoms with Crippen molar-refractivity contribution in [2.75, 3.05) is 20.8 Å². The van der Waals surface area contributed by atoms with E-state index in [0.717, 1.165) is 16.5 Å². The summed E-state index contributed by atoms with van der Waals surface area (Å²) in [7, 11) is 3.15. The standard InChI is InChI=1S/C18H17ClN4O3/c1-9-8-21-18(24)17-15(19)16(22-23(9)17)10-4-5-20-12-7-14(26-3)13(25-2)6-11(10)12/h4-7,9H,8H2,1-3H3,(H,21,24)/t9-/m0/s1. The summed E-state index contributed by atoms with van der Waals surface area (Å²) in [6, 6.07) is 5.50. The number of rotatable bonds is 3. The van der Waals surface area contributed by atoms with Crippen LogP contribution in [-0.2, 0) is 0 Å². The van der Waals surface area contributed by atoms with Gasteiger partial charge in [-0.15, -0.1) is 0 Å². The molecule has 7 nitrogen and oxygen atoms in total. The smallest absolute Gasteiger partial charge is 0.271 e. The molecule has 0 spiro atoms. The van der Waals surface area contributed by atoms with Crippen LogP contribution in [0.4, 0.5) is 0 Å². The first-order chi connectivity index (χ1) is 12.5. The predicted molar refractivity (Wildman–Crippen MR) is 98.1 cm³/mol. The molecule has 0 unspecified atom stereocenters. The summed E-state index contributed by atoms with van der Waals surface area (Å²) in [5.74, 6) is 0.956. The summed E-state index contributed by atoms with van der Waals surface area (Å²) in [4.78, 5) is 16.6. The number of hydrogen-bond acceptors (Lipinski definition) is 5. The summed E-state index contributed by atoms with van der Waals surface area (Å²) in [5.41, 5.74) is 2.43. The average molecular weight is 373 g/mol. The van der Waals surface area contributed by atoms with Gasteiger partial charge in [-0.3, -0.25) is 14.5 Å². The van der Waals surface area contributed by atoms with E-state index in [1.54, 1.807) is 31.2 Å². The maximum Gasteiger partial charge on any atom is 0.271 e. The molecule has 2 aromatic heterocycles. The van der Waals surface area contributed by atoms with Gasteiger partial charge in [-0.05, 0) is 19.1 Å². The Bertz CT molecular complexity index is 1030. The molecule has 0 saturated carbocycles. The zero-order valence-electron chi connectivity index (χ0n) is 14.5. The number of carbonyl (C=O) groups excluding carboxylic acids is 1. The van der Waals surface area contributed by atoms with Gasteiger partial charge in [-0.2, -0.15) is 5.10 Å². The maximum absolute atomic E-state index is 12.2. The van der Waals surface area contributed by atoms with E-state index < -0.39 is 0 Å². The Balaban J connectivity index is 1.98. The number of carbonyl (C=O) groups is 1. The molecule has 1 amide bonds. The van der Waals surface area contributed by atoms with Crippen LogP contribution in [-0.4, -0.2) is 41.4 Å². The lowest BCUT2D eigenvalue weighted by molar-refractivity contribution is 0.0913. The Morgan fingerprint density at radius 1 is 1.27 bits per heavy atom. The van der Waals surface area contributed by atoms with Gasteiger partial charge in [-0.1, -0.05) is 11.6 Å². The van der Waals surface area contributed by atoms with Gasteiger partial charge in [0.25, 0.3) is 5.91 Å². The molecule has 8 heteroatoms. The summed E-state index contributed by atoms with van der Waals surface area (Å²) in [6.45, 7) is 2.50. The van der Waals surface area contributed by atoms with Gasteiger partial charge in [0.1, 0.15) is 11.4 Å². The van der Waals surface area contributed by atoms with Crippen molar-refractivity contribution in [2.24, 2.45) is 0 Å². The summed E-state index contributed by atoms with van der Waals surface area (Å²) >= 11 is 6.55. The zero-order valence-corrected chi connectivity index (χ0v) is 15.3. The van der Waals surface area contributed by atoms with E-state index in [-0.39, 0.29) is 11.9 Å². The van der Waals surface area contributed by atoms with Gasteiger partial charge in [0, 0.05) is 29.8 Å². The van der Waals surface area contributed by atoms with Crippen molar-refractivity contribution >= 4 is 28.4 Å². The molecule has 1 atom stereocenters. The van der Waals surface area contributed by atoms with E-state index in [2.05, 4.69) is 15.4 Å². The van der Waals surface area contributed by atoms with Crippen LogP contribution in [0, 0.1) is 0 Å². The number of halogens is 1. The molecule has 1 aliphatic rings. The maximum atomic E-state index is 12.2. The van der Waals surface area contributed by atoms with Crippen LogP contribution in [0.3, 0.4) is 0 Å². The number of methoxy groups -OCH3 is 2. The topological polar surface area (TPSA) is 78.3 Å². The second kappa shape index (κ2) is 6.17. The first kappa shape index (κ1) is 16.7. The molecule has 0 aliphatic carbocycles. The third-order valence-corrected chi connectivity index (χ3v) is 4.90. The number of nitrogens with zero attached hydrogens (tertiary/aromatic N) is 3. The summed E-state index contributed by atoms with van der Waals surface area (Å²) < 4.78 is 12.4. The number of fused-ring (bicyclic) bond motifs is 2. The Labute approximate surface area is 154 Å². The lowest BCUT2D eigenvalue weighted by atomic mass is 10.0. The van der Waals surface area contributed by atoms with E-state index in [1.165, 1.54) is 0 Å². The quantitative estimate of drug-likeness (QED) is 0.764. The summed E-state index contributed by atoms with van der Waals surface area (Å²) in [5, 5.41) is 8.60. The van der Waals surface area contributed by atoms with Crippen LogP contribution >= 0.6 is 11.6 Å². The number of nitrogens with one attached hydrogen (secondary N) is 1. The molecule has 134 valence electrons. The van der Waals surface area contributed by atoms with Crippen molar-refractivity contribution in [3.05, 3.63) is 35.1 Å². The molecule has 0 bridgehead atoms. The number of benzene rings is 1. The normalized spacial score (nSPS) is 16.3. The van der Waals surface area contributed by atoms with Crippen molar-refractivity contribution in [1.82, 2.24) is 20.1 Å². The van der Waals surface area contributed by atoms with Crippen LogP contribution in [0.15, 0.2) is 24.4 Å². The van der Waals surface area contributed by atoms with Gasteiger partial charge in [0.05, 0.1) is 30.8 Å². The molecule has 1 aliphatic heterocycles. The SMILES string of the molecule is COc1cc2nccc(-c3nn4c(c3Cl)C(=O)NC[C@@H]4C)c2cc1OC. The number of pyridine rings is 1. The van der Waals surface area contributed by atoms with Gasteiger partial charge in [0.15, 0.2) is 11.5 Å². The molecule has 4 rings (SSSR count). The van der Waals surface area contributed by atoms with Crippen LogP contribution in [0.2, 0.25) is 5.02 Å². The van der Waals surface area contributed by atoms with E-state index in [0.29, 0.717) is 34.5 Å². The third-order valence-electron chi connectivity index (χ3n) is 4.55. The van der Waals surface area contributed by atoms with Crippen molar-refractivity contribution in [1.29, 1.82) is 0 Å². The highest BCUT2D eigenvalue weighted by Crippen LogP contribution is 2.39. The Kier molecular flexibility index (Phi) is 3.96. The fraction of sp³-hybridized carbons (Fsp3) is 0.278. The second-order valence-corrected chi connectivity index (χ2v) is 6.48. The molecule has 0 saturated heterocycles. The van der Waals surface area contributed by atoms with Gasteiger partial charge >= 0.3 is 0 Å². The zero-order chi connectivity index (χ0) is 18.4. The Hall–Kier alpha value is -2.80. The fourth-order valence-electron chi connectivity index (χ4n) is 3.20. The highest BCUT2D eigenvalue weighted by Gasteiger charge is 2.30. The third kappa shape index (κ3) is 2.39. The Morgan fingerprint density at radius 3 is 2.69 bits per heavy atom. The number of ether oxygens (including phenoxy) is 2. The minimum atomic E-state index is -0.218. The fourth-order valence-corrected chi connectivity index (χ4v) is 3.51. The van der Waals surface area contributed by atoms with Crippen molar-refractivity contribution < 1.29 is 14.3 Å². The molecular formula is C18H17ClN4O3. The predicted octanol–water partition coefficient (Wildman–Crippen LogP) is 3.07. The summed E-state index contributed by atoms with van der Waals surface area (Å²) in [6.07, 6.45) is 1.68. The molecule has 3 aromatic rings. The highest BCUT2D eigenvalue weighted by molar-refractivity contribution is 6.36. The first-order valence-electron chi connectivity index (χ1n) is 8.12. The van der Waals surface area contributed by atoms with Crippen LogP contribution in [0.25, 0.3) is 22.2 Å². The van der Waals surface area contributed by atoms with Crippen molar-refractivity contribution in [2.45, 2.75) is 13.0 Å². The van der Waals surface area contributed by atoms with Crippen LogP contribution in [0.5, 0.6) is 11.5 Å². The van der Waals surface area contributed by atoms with E-state index in [1.807, 2.05) is 19.1 Å². The number of hydrogen-bond donors (Lipinski definition) is 1. The number of amides is 1. The van der Waals surface area contributed by atoms with E-state index >= 15 is 0 Å². The monoisotopic (exact) mass is 372 g/mol. The van der Waals surface area contributed by atoms with Crippen LogP contribution in [0.1, 0.15) is 23.5 Å². The molecule has 0 fully saturated rings. The van der Waals surface area contributed by atoms with Crippen LogP contribution < -0.4 is 14.8 Å². The first-order valence-corrected chi connectivity index (χ1v) is 8.50. The minimum absolute atomic E-state index is 0.0247. The largest absolute Gasteiger partial charge is 0.493 e. The van der Waals surface area contributed by atoms with Gasteiger partial charge < -0.3 is 14.8 Å². The van der Waals surface area contributed by atoms with Gasteiger partial charge in [-0.25, -0.2) is 0 Å². The molecule has 0 radical (unpaired) electrons.